The Morgan fingerprint density at radius 2 is 2.04 bits per heavy atom. The molecular weight excluding hydrogens is 316 g/mol. The molecule has 2 aromatic rings. The number of nitrogens with zero attached hydrogens (tertiary/aromatic N) is 1. The van der Waals surface area contributed by atoms with E-state index in [9.17, 15) is 10.1 Å². The molecule has 0 radical (unpaired) electrons. The van der Waals surface area contributed by atoms with Gasteiger partial charge in [0.05, 0.1) is 29.3 Å². The van der Waals surface area contributed by atoms with Gasteiger partial charge in [0.2, 0.25) is 0 Å². The average molecular weight is 336 g/mol. The summed E-state index contributed by atoms with van der Waals surface area (Å²) in [5.74, 6) is 1.29. The van der Waals surface area contributed by atoms with Crippen molar-refractivity contribution in [2.75, 3.05) is 12.4 Å². The number of fused-ring (bicyclic) bond motifs is 3. The minimum absolute atomic E-state index is 0.121. The first-order chi connectivity index (χ1) is 12.1. The van der Waals surface area contributed by atoms with Gasteiger partial charge in [0, 0.05) is 12.0 Å². The monoisotopic (exact) mass is 336 g/mol. The highest BCUT2D eigenvalue weighted by Crippen LogP contribution is 2.54. The maximum absolute atomic E-state index is 11.5. The van der Waals surface area contributed by atoms with E-state index in [0.717, 1.165) is 23.4 Å². The molecule has 5 heteroatoms. The number of benzene rings is 2. The average Bonchev–Trinajstić information content (AvgIpc) is 3.10. The molecule has 25 heavy (non-hydrogen) atoms. The Bertz CT molecular complexity index is 875. The zero-order chi connectivity index (χ0) is 17.6. The summed E-state index contributed by atoms with van der Waals surface area (Å²) in [5, 5.41) is 15.1. The van der Waals surface area contributed by atoms with Crippen molar-refractivity contribution < 1.29 is 9.66 Å². The summed E-state index contributed by atoms with van der Waals surface area (Å²) in [4.78, 5) is 11.2. The fourth-order valence-corrected chi connectivity index (χ4v) is 4.27. The summed E-state index contributed by atoms with van der Waals surface area (Å²) in [6, 6.07) is 10.9. The van der Waals surface area contributed by atoms with Gasteiger partial charge in [0.1, 0.15) is 5.75 Å². The van der Waals surface area contributed by atoms with Gasteiger partial charge in [-0.05, 0) is 36.5 Å². The Morgan fingerprint density at radius 1 is 1.24 bits per heavy atom. The first kappa shape index (κ1) is 15.7. The molecule has 4 rings (SSSR count). The van der Waals surface area contributed by atoms with Crippen LogP contribution >= 0.6 is 0 Å². The van der Waals surface area contributed by atoms with Gasteiger partial charge in [-0.15, -0.1) is 0 Å². The van der Waals surface area contributed by atoms with Crippen molar-refractivity contribution in [1.82, 2.24) is 0 Å². The standard InChI is InChI=1S/C20H20N2O3/c1-12-10-11-17(25-2)20-18(12)13-7-5-8-14(13)19(21-20)15-6-3-4-9-16(15)22(23)24/h3-7,9-11,13-14,19,21H,8H2,1-2H3/t13-,14+,19+/m1/s1. The van der Waals surface area contributed by atoms with Crippen molar-refractivity contribution in [1.29, 1.82) is 0 Å². The van der Waals surface area contributed by atoms with Gasteiger partial charge in [0.25, 0.3) is 5.69 Å². The van der Waals surface area contributed by atoms with Crippen LogP contribution in [0.1, 0.15) is 35.1 Å². The van der Waals surface area contributed by atoms with Crippen LogP contribution in [0, 0.1) is 23.0 Å². The first-order valence-electron chi connectivity index (χ1n) is 8.46. The second-order valence-electron chi connectivity index (χ2n) is 6.66. The van der Waals surface area contributed by atoms with Crippen molar-refractivity contribution >= 4 is 11.4 Å². The predicted molar refractivity (Wildman–Crippen MR) is 97.2 cm³/mol. The fraction of sp³-hybridized carbons (Fsp3) is 0.300. The predicted octanol–water partition coefficient (Wildman–Crippen LogP) is 4.74. The molecule has 0 aromatic heterocycles. The minimum Gasteiger partial charge on any atom is -0.495 e. The summed E-state index contributed by atoms with van der Waals surface area (Å²) >= 11 is 0. The number of nitro benzene ring substituents is 1. The molecule has 2 aliphatic rings. The molecule has 3 atom stereocenters. The van der Waals surface area contributed by atoms with Gasteiger partial charge in [-0.1, -0.05) is 36.4 Å². The summed E-state index contributed by atoms with van der Waals surface area (Å²) in [7, 11) is 1.66. The number of para-hydroxylation sites is 1. The molecule has 1 heterocycles. The van der Waals surface area contributed by atoms with E-state index in [0.29, 0.717) is 0 Å². The second kappa shape index (κ2) is 5.92. The van der Waals surface area contributed by atoms with Gasteiger partial charge in [-0.3, -0.25) is 10.1 Å². The van der Waals surface area contributed by atoms with E-state index in [2.05, 4.69) is 30.5 Å². The van der Waals surface area contributed by atoms with Crippen molar-refractivity contribution in [2.45, 2.75) is 25.3 Å². The molecule has 0 unspecified atom stereocenters. The number of methoxy groups -OCH3 is 1. The van der Waals surface area contributed by atoms with E-state index in [-0.39, 0.29) is 28.5 Å². The van der Waals surface area contributed by atoms with Gasteiger partial charge in [-0.25, -0.2) is 0 Å². The third-order valence-corrected chi connectivity index (χ3v) is 5.39. The van der Waals surface area contributed by atoms with E-state index in [1.54, 1.807) is 19.2 Å². The van der Waals surface area contributed by atoms with Gasteiger partial charge in [-0.2, -0.15) is 0 Å². The number of anilines is 1. The molecule has 5 nitrogen and oxygen atoms in total. The maximum Gasteiger partial charge on any atom is 0.274 e. The minimum atomic E-state index is -0.294. The topological polar surface area (TPSA) is 64.4 Å². The van der Waals surface area contributed by atoms with Crippen LogP contribution in [0.3, 0.4) is 0 Å². The number of ether oxygens (including phenoxy) is 1. The molecule has 0 fully saturated rings. The maximum atomic E-state index is 11.5. The molecule has 1 aliphatic heterocycles. The lowest BCUT2D eigenvalue weighted by Crippen LogP contribution is -2.30. The largest absolute Gasteiger partial charge is 0.495 e. The highest BCUT2D eigenvalue weighted by Gasteiger charge is 2.41. The quantitative estimate of drug-likeness (QED) is 0.499. The third kappa shape index (κ3) is 2.38. The number of nitrogens with one attached hydrogen (secondary N) is 1. The zero-order valence-electron chi connectivity index (χ0n) is 14.2. The Kier molecular flexibility index (Phi) is 3.71. The van der Waals surface area contributed by atoms with Crippen LogP contribution in [-0.4, -0.2) is 12.0 Å². The molecule has 0 spiro atoms. The molecule has 0 saturated carbocycles. The second-order valence-corrected chi connectivity index (χ2v) is 6.66. The zero-order valence-corrected chi connectivity index (χ0v) is 14.2. The Hall–Kier alpha value is -2.82. The lowest BCUT2D eigenvalue weighted by atomic mass is 9.75. The summed E-state index contributed by atoms with van der Waals surface area (Å²) in [5.41, 5.74) is 4.32. The smallest absolute Gasteiger partial charge is 0.274 e. The van der Waals surface area contributed by atoms with Gasteiger partial charge < -0.3 is 10.1 Å². The van der Waals surface area contributed by atoms with Crippen LogP contribution in [0.4, 0.5) is 11.4 Å². The number of nitro groups is 1. The summed E-state index contributed by atoms with van der Waals surface area (Å²) in [6.07, 6.45) is 5.33. The van der Waals surface area contributed by atoms with E-state index in [1.807, 2.05) is 18.2 Å². The van der Waals surface area contributed by atoms with Crippen LogP contribution in [-0.2, 0) is 0 Å². The highest BCUT2D eigenvalue weighted by molar-refractivity contribution is 5.70. The Morgan fingerprint density at radius 3 is 2.80 bits per heavy atom. The molecule has 1 N–H and O–H groups in total. The molecular formula is C20H20N2O3. The van der Waals surface area contributed by atoms with E-state index < -0.39 is 0 Å². The van der Waals surface area contributed by atoms with Crippen LogP contribution < -0.4 is 10.1 Å². The SMILES string of the molecule is COc1ccc(C)c2c1N[C@H](c1ccccc1[N+](=O)[O-])[C@H]1CC=C[C@@H]21. The van der Waals surface area contributed by atoms with Crippen molar-refractivity contribution in [3.05, 3.63) is 75.4 Å². The molecule has 2 aromatic carbocycles. The summed E-state index contributed by atoms with van der Waals surface area (Å²) in [6.45, 7) is 2.11. The fourth-order valence-electron chi connectivity index (χ4n) is 4.27. The van der Waals surface area contributed by atoms with Crippen molar-refractivity contribution in [3.63, 3.8) is 0 Å². The Labute approximate surface area is 146 Å². The lowest BCUT2D eigenvalue weighted by Gasteiger charge is -2.38. The normalized spacial score (nSPS) is 23.5. The number of rotatable bonds is 3. The van der Waals surface area contributed by atoms with Crippen LogP contribution in [0.25, 0.3) is 0 Å². The van der Waals surface area contributed by atoms with E-state index in [4.69, 9.17) is 4.74 Å². The van der Waals surface area contributed by atoms with Crippen LogP contribution in [0.5, 0.6) is 5.75 Å². The van der Waals surface area contributed by atoms with Gasteiger partial charge in [0.15, 0.2) is 0 Å². The molecule has 0 saturated heterocycles. The summed E-state index contributed by atoms with van der Waals surface area (Å²) < 4.78 is 5.56. The van der Waals surface area contributed by atoms with E-state index in [1.165, 1.54) is 11.1 Å². The van der Waals surface area contributed by atoms with Gasteiger partial charge >= 0.3 is 0 Å². The van der Waals surface area contributed by atoms with Crippen LogP contribution in [0.15, 0.2) is 48.6 Å². The number of hydrogen-bond acceptors (Lipinski definition) is 4. The molecule has 128 valence electrons. The number of hydrogen-bond donors (Lipinski definition) is 1. The van der Waals surface area contributed by atoms with E-state index >= 15 is 0 Å². The lowest BCUT2D eigenvalue weighted by molar-refractivity contribution is -0.385. The first-order valence-corrected chi connectivity index (χ1v) is 8.46. The van der Waals surface area contributed by atoms with Crippen LogP contribution in [0.2, 0.25) is 0 Å². The molecule has 0 amide bonds. The third-order valence-electron chi connectivity index (χ3n) is 5.39. The number of aryl methyl sites for hydroxylation is 1. The van der Waals surface area contributed by atoms with Crippen molar-refractivity contribution in [3.8, 4) is 5.75 Å². The molecule has 0 bridgehead atoms. The highest BCUT2D eigenvalue weighted by atomic mass is 16.6. The van der Waals surface area contributed by atoms with Crippen molar-refractivity contribution in [2.24, 2.45) is 5.92 Å². The Balaban J connectivity index is 1.89. The molecule has 1 aliphatic carbocycles. The number of allylic oxidation sites excluding steroid dienone is 2.